The Kier molecular flexibility index (Phi) is 5.61. The average molecular weight is 342 g/mol. The smallest absolute Gasteiger partial charge is 0.468 e. The fraction of sp³-hybridized carbons (Fsp3) is 0.364. The van der Waals surface area contributed by atoms with Crippen LogP contribution in [0.3, 0.4) is 0 Å². The van der Waals surface area contributed by atoms with Crippen molar-refractivity contribution in [2.75, 3.05) is 13.7 Å². The Morgan fingerprint density at radius 2 is 2.11 bits per heavy atom. The van der Waals surface area contributed by atoms with Gasteiger partial charge >= 0.3 is 12.3 Å². The molecule has 0 radical (unpaired) electrons. The predicted octanol–water partition coefficient (Wildman–Crippen LogP) is 2.61. The highest BCUT2D eigenvalue weighted by atomic mass is 79.9. The van der Waals surface area contributed by atoms with Crippen LogP contribution < -0.4 is 10.1 Å². The van der Waals surface area contributed by atoms with E-state index in [0.717, 1.165) is 0 Å². The van der Waals surface area contributed by atoms with Crippen LogP contribution in [0.2, 0.25) is 0 Å². The number of alkyl halides is 3. The van der Waals surface area contributed by atoms with E-state index in [9.17, 15) is 18.0 Å². The topological polar surface area (TPSA) is 47.6 Å². The van der Waals surface area contributed by atoms with Gasteiger partial charge in [-0.25, -0.2) is 0 Å². The highest BCUT2D eigenvalue weighted by Gasteiger charge is 2.31. The second kappa shape index (κ2) is 6.76. The van der Waals surface area contributed by atoms with Gasteiger partial charge in [0.25, 0.3) is 0 Å². The van der Waals surface area contributed by atoms with Gasteiger partial charge in [0.2, 0.25) is 0 Å². The zero-order valence-corrected chi connectivity index (χ0v) is 11.5. The largest absolute Gasteiger partial charge is 0.573 e. The number of benzene rings is 1. The fourth-order valence-corrected chi connectivity index (χ4v) is 1.75. The highest BCUT2D eigenvalue weighted by molar-refractivity contribution is 9.10. The first kappa shape index (κ1) is 15.8. The zero-order chi connectivity index (χ0) is 14.5. The number of rotatable bonds is 5. The first-order valence-corrected chi connectivity index (χ1v) is 5.93. The molecule has 0 spiro atoms. The molecular weight excluding hydrogens is 331 g/mol. The molecule has 106 valence electrons. The van der Waals surface area contributed by atoms with Crippen LogP contribution in [0.4, 0.5) is 13.2 Å². The zero-order valence-electron chi connectivity index (χ0n) is 9.88. The van der Waals surface area contributed by atoms with Gasteiger partial charge in [0.05, 0.1) is 18.1 Å². The molecule has 4 nitrogen and oxygen atoms in total. The van der Waals surface area contributed by atoms with Crippen LogP contribution in [0.5, 0.6) is 5.75 Å². The molecule has 0 amide bonds. The molecule has 19 heavy (non-hydrogen) atoms. The third-order valence-electron chi connectivity index (χ3n) is 2.05. The molecule has 8 heteroatoms. The van der Waals surface area contributed by atoms with Gasteiger partial charge in [0.1, 0.15) is 5.75 Å². The standard InChI is InChI=1S/C11H11BrF3NO3/c1-18-10(17)6-16-5-7-2-3-9(8(12)4-7)19-11(13,14)15/h2-4,16H,5-6H2,1H3. The molecule has 0 bridgehead atoms. The molecule has 1 aromatic rings. The molecule has 1 aromatic carbocycles. The van der Waals surface area contributed by atoms with Crippen molar-refractivity contribution in [1.29, 1.82) is 0 Å². The quantitative estimate of drug-likeness (QED) is 0.836. The number of hydrogen-bond acceptors (Lipinski definition) is 4. The summed E-state index contributed by atoms with van der Waals surface area (Å²) in [6.45, 7) is 0.342. The van der Waals surface area contributed by atoms with Gasteiger partial charge < -0.3 is 14.8 Å². The lowest BCUT2D eigenvalue weighted by Crippen LogP contribution is -2.23. The summed E-state index contributed by atoms with van der Waals surface area (Å²) in [4.78, 5) is 10.8. The van der Waals surface area contributed by atoms with Gasteiger partial charge in [0.15, 0.2) is 0 Å². The Morgan fingerprint density at radius 3 is 2.63 bits per heavy atom. The van der Waals surface area contributed by atoms with Crippen LogP contribution in [-0.4, -0.2) is 26.0 Å². The maximum Gasteiger partial charge on any atom is 0.573 e. The molecule has 0 saturated heterocycles. The van der Waals surface area contributed by atoms with Crippen molar-refractivity contribution in [1.82, 2.24) is 5.32 Å². The summed E-state index contributed by atoms with van der Waals surface area (Å²) in [7, 11) is 1.27. The first-order chi connectivity index (χ1) is 8.81. The van der Waals surface area contributed by atoms with E-state index in [4.69, 9.17) is 0 Å². The molecular formula is C11H11BrF3NO3. The molecule has 0 aromatic heterocycles. The minimum atomic E-state index is -4.73. The maximum atomic E-state index is 12.0. The second-order valence-corrected chi connectivity index (χ2v) is 4.35. The van der Waals surface area contributed by atoms with E-state index < -0.39 is 12.3 Å². The molecule has 1 N–H and O–H groups in total. The summed E-state index contributed by atoms with van der Waals surface area (Å²) in [6.07, 6.45) is -4.73. The van der Waals surface area contributed by atoms with Crippen LogP contribution in [-0.2, 0) is 16.1 Å². The molecule has 0 aliphatic carbocycles. The van der Waals surface area contributed by atoms with Gasteiger partial charge in [0, 0.05) is 6.54 Å². The number of halogens is 4. The van der Waals surface area contributed by atoms with Crippen LogP contribution >= 0.6 is 15.9 Å². The van der Waals surface area contributed by atoms with E-state index in [2.05, 4.69) is 30.7 Å². The van der Waals surface area contributed by atoms with Gasteiger partial charge in [-0.2, -0.15) is 0 Å². The molecule has 0 fully saturated rings. The summed E-state index contributed by atoms with van der Waals surface area (Å²) >= 11 is 2.99. The second-order valence-electron chi connectivity index (χ2n) is 3.49. The Morgan fingerprint density at radius 1 is 1.42 bits per heavy atom. The van der Waals surface area contributed by atoms with Crippen molar-refractivity contribution in [3.05, 3.63) is 28.2 Å². The van der Waals surface area contributed by atoms with Crippen molar-refractivity contribution >= 4 is 21.9 Å². The molecule has 0 heterocycles. The molecule has 0 saturated carbocycles. The van der Waals surface area contributed by atoms with Crippen molar-refractivity contribution < 1.29 is 27.4 Å². The molecule has 0 aliphatic rings. The number of carbonyl (C=O) groups is 1. The number of carbonyl (C=O) groups excluding carboxylic acids is 1. The molecule has 0 unspecified atom stereocenters. The van der Waals surface area contributed by atoms with Crippen LogP contribution in [0.1, 0.15) is 5.56 Å². The summed E-state index contributed by atoms with van der Waals surface area (Å²) in [6, 6.07) is 4.15. The number of esters is 1. The third-order valence-corrected chi connectivity index (χ3v) is 2.67. The van der Waals surface area contributed by atoms with Crippen molar-refractivity contribution in [3.8, 4) is 5.75 Å². The summed E-state index contributed by atoms with van der Waals surface area (Å²) in [5.74, 6) is -0.736. The van der Waals surface area contributed by atoms with E-state index in [0.29, 0.717) is 12.1 Å². The summed E-state index contributed by atoms with van der Waals surface area (Å²) in [5, 5.41) is 2.79. The van der Waals surface area contributed by atoms with Crippen molar-refractivity contribution in [2.24, 2.45) is 0 Å². The van der Waals surface area contributed by atoms with Crippen LogP contribution in [0.15, 0.2) is 22.7 Å². The fourth-order valence-electron chi connectivity index (χ4n) is 1.24. The van der Waals surface area contributed by atoms with E-state index in [1.165, 1.54) is 25.3 Å². The van der Waals surface area contributed by atoms with Gasteiger partial charge in [-0.15, -0.1) is 13.2 Å². The molecule has 0 aliphatic heterocycles. The number of methoxy groups -OCH3 is 1. The van der Waals surface area contributed by atoms with Crippen LogP contribution in [0.25, 0.3) is 0 Å². The minimum Gasteiger partial charge on any atom is -0.468 e. The highest BCUT2D eigenvalue weighted by Crippen LogP contribution is 2.30. The predicted molar refractivity (Wildman–Crippen MR) is 64.5 cm³/mol. The minimum absolute atomic E-state index is 0.0227. The SMILES string of the molecule is COC(=O)CNCc1ccc(OC(F)(F)F)c(Br)c1. The van der Waals surface area contributed by atoms with E-state index in [-0.39, 0.29) is 16.8 Å². The monoisotopic (exact) mass is 341 g/mol. The van der Waals surface area contributed by atoms with E-state index in [1.807, 2.05) is 0 Å². The van der Waals surface area contributed by atoms with Gasteiger partial charge in [-0.05, 0) is 33.6 Å². The lowest BCUT2D eigenvalue weighted by atomic mass is 10.2. The lowest BCUT2D eigenvalue weighted by molar-refractivity contribution is -0.274. The maximum absolute atomic E-state index is 12.0. The molecule has 1 rings (SSSR count). The van der Waals surface area contributed by atoms with Gasteiger partial charge in [-0.3, -0.25) is 4.79 Å². The summed E-state index contributed by atoms with van der Waals surface area (Å²) < 4.78 is 44.6. The van der Waals surface area contributed by atoms with Gasteiger partial charge in [-0.1, -0.05) is 6.07 Å². The Labute approximate surface area is 116 Å². The Hall–Kier alpha value is -1.28. The summed E-state index contributed by atoms with van der Waals surface area (Å²) in [5.41, 5.74) is 0.699. The van der Waals surface area contributed by atoms with Crippen molar-refractivity contribution in [2.45, 2.75) is 12.9 Å². The lowest BCUT2D eigenvalue weighted by Gasteiger charge is -2.11. The van der Waals surface area contributed by atoms with E-state index in [1.54, 1.807) is 0 Å². The average Bonchev–Trinajstić information content (AvgIpc) is 2.31. The van der Waals surface area contributed by atoms with Crippen LogP contribution in [0, 0.1) is 0 Å². The first-order valence-electron chi connectivity index (χ1n) is 5.13. The third kappa shape index (κ3) is 5.93. The van der Waals surface area contributed by atoms with Crippen molar-refractivity contribution in [3.63, 3.8) is 0 Å². The number of nitrogens with one attached hydrogen (secondary N) is 1. The van der Waals surface area contributed by atoms with E-state index >= 15 is 0 Å². The normalized spacial score (nSPS) is 11.2. The number of ether oxygens (including phenoxy) is 2. The number of hydrogen-bond donors (Lipinski definition) is 1. The Bertz CT molecular complexity index is 451. The Balaban J connectivity index is 2.59. The molecule has 0 atom stereocenters.